The molecule has 0 aliphatic rings. The first kappa shape index (κ1) is 15.4. The molecule has 1 heterocycles. The summed E-state index contributed by atoms with van der Waals surface area (Å²) in [5.74, 6) is 0.813. The maximum absolute atomic E-state index is 12.0. The number of aromatic nitrogens is 1. The summed E-state index contributed by atoms with van der Waals surface area (Å²) in [7, 11) is 1.84. The quantitative estimate of drug-likeness (QED) is 0.788. The second-order valence-corrected chi connectivity index (χ2v) is 4.63. The van der Waals surface area contributed by atoms with Gasteiger partial charge in [-0.25, -0.2) is 4.98 Å². The summed E-state index contributed by atoms with van der Waals surface area (Å²) in [6, 6.07) is 3.62. The van der Waals surface area contributed by atoms with Gasteiger partial charge in [0.15, 0.2) is 0 Å². The van der Waals surface area contributed by atoms with E-state index in [1.807, 2.05) is 37.9 Å². The topological polar surface area (TPSA) is 62.5 Å². The van der Waals surface area contributed by atoms with Crippen molar-refractivity contribution >= 4 is 28.9 Å². The van der Waals surface area contributed by atoms with Gasteiger partial charge in [-0.1, -0.05) is 12.2 Å². The monoisotopic (exact) mass is 280 g/mol. The standard InChI is InChI=1S/C13H20N4OS/c1-4-17(5-2)12(18)9-16(3)11-7-6-10(8-15-11)13(14)19/h6-8H,4-5,9H2,1-3H3,(H2,14,19). The summed E-state index contributed by atoms with van der Waals surface area (Å²) >= 11 is 4.87. The molecule has 0 aromatic carbocycles. The predicted octanol–water partition coefficient (Wildman–Crippen LogP) is 1.02. The lowest BCUT2D eigenvalue weighted by molar-refractivity contribution is -0.129. The van der Waals surface area contributed by atoms with Crippen molar-refractivity contribution in [1.29, 1.82) is 0 Å². The number of pyridine rings is 1. The van der Waals surface area contributed by atoms with Crippen LogP contribution in [0.3, 0.4) is 0 Å². The number of nitrogens with zero attached hydrogens (tertiary/aromatic N) is 3. The third-order valence-corrected chi connectivity index (χ3v) is 3.15. The molecule has 2 N–H and O–H groups in total. The molecule has 0 unspecified atom stereocenters. The van der Waals surface area contributed by atoms with E-state index < -0.39 is 0 Å². The highest BCUT2D eigenvalue weighted by molar-refractivity contribution is 7.80. The van der Waals surface area contributed by atoms with Crippen LogP contribution in [0.1, 0.15) is 19.4 Å². The first-order valence-corrected chi connectivity index (χ1v) is 6.65. The smallest absolute Gasteiger partial charge is 0.242 e. The van der Waals surface area contributed by atoms with Gasteiger partial charge in [-0.05, 0) is 26.0 Å². The van der Waals surface area contributed by atoms with Crippen molar-refractivity contribution in [1.82, 2.24) is 9.88 Å². The summed E-state index contributed by atoms with van der Waals surface area (Å²) in [5, 5.41) is 0. The van der Waals surface area contributed by atoms with Crippen molar-refractivity contribution in [3.63, 3.8) is 0 Å². The van der Waals surface area contributed by atoms with E-state index in [1.165, 1.54) is 0 Å². The van der Waals surface area contributed by atoms with E-state index >= 15 is 0 Å². The molecule has 1 aromatic heterocycles. The number of carbonyl (C=O) groups excluding carboxylic acids is 1. The Bertz CT molecular complexity index is 442. The highest BCUT2D eigenvalue weighted by Crippen LogP contribution is 2.09. The molecule has 5 nitrogen and oxygen atoms in total. The highest BCUT2D eigenvalue weighted by Gasteiger charge is 2.13. The Kier molecular flexibility index (Phi) is 5.69. The van der Waals surface area contributed by atoms with Crippen LogP contribution < -0.4 is 10.6 Å². The van der Waals surface area contributed by atoms with Crippen LogP contribution >= 0.6 is 12.2 Å². The molecule has 0 radical (unpaired) electrons. The fourth-order valence-electron chi connectivity index (χ4n) is 1.72. The van der Waals surface area contributed by atoms with Crippen LogP contribution in [0.2, 0.25) is 0 Å². The average Bonchev–Trinajstić information content (AvgIpc) is 2.40. The maximum Gasteiger partial charge on any atom is 0.242 e. The van der Waals surface area contributed by atoms with E-state index in [9.17, 15) is 4.79 Å². The molecule has 1 aromatic rings. The minimum absolute atomic E-state index is 0.0905. The molecule has 0 atom stereocenters. The minimum Gasteiger partial charge on any atom is -0.389 e. The van der Waals surface area contributed by atoms with Crippen LogP contribution in [0.5, 0.6) is 0 Å². The number of nitrogens with two attached hydrogens (primary N) is 1. The van der Waals surface area contributed by atoms with Crippen molar-refractivity contribution in [2.24, 2.45) is 5.73 Å². The summed E-state index contributed by atoms with van der Waals surface area (Å²) in [6.45, 7) is 5.68. The molecule has 6 heteroatoms. The molecule has 0 fully saturated rings. The number of thiocarbonyl (C=S) groups is 1. The predicted molar refractivity (Wildman–Crippen MR) is 81.3 cm³/mol. The van der Waals surface area contributed by atoms with E-state index in [-0.39, 0.29) is 5.91 Å². The Hall–Kier alpha value is -1.69. The lowest BCUT2D eigenvalue weighted by Gasteiger charge is -2.23. The molecular weight excluding hydrogens is 260 g/mol. The minimum atomic E-state index is 0.0905. The van der Waals surface area contributed by atoms with E-state index in [4.69, 9.17) is 18.0 Å². The Labute approximate surface area is 119 Å². The van der Waals surface area contributed by atoms with Gasteiger partial charge in [0.2, 0.25) is 5.91 Å². The van der Waals surface area contributed by atoms with Crippen LogP contribution in [0.15, 0.2) is 18.3 Å². The molecule has 0 saturated carbocycles. The van der Waals surface area contributed by atoms with Crippen LogP contribution in [-0.4, -0.2) is 47.5 Å². The molecule has 1 rings (SSSR count). The lowest BCUT2D eigenvalue weighted by atomic mass is 10.3. The number of likely N-dealkylation sites (N-methyl/N-ethyl adjacent to an activating group) is 2. The van der Waals surface area contributed by atoms with Gasteiger partial charge in [0.1, 0.15) is 10.8 Å². The molecule has 0 saturated heterocycles. The van der Waals surface area contributed by atoms with E-state index in [1.54, 1.807) is 11.1 Å². The van der Waals surface area contributed by atoms with Crippen LogP contribution in [0.4, 0.5) is 5.82 Å². The Morgan fingerprint density at radius 3 is 2.42 bits per heavy atom. The Balaban J connectivity index is 2.70. The van der Waals surface area contributed by atoms with Gasteiger partial charge in [0.25, 0.3) is 0 Å². The van der Waals surface area contributed by atoms with Crippen molar-refractivity contribution in [3.05, 3.63) is 23.9 Å². The van der Waals surface area contributed by atoms with Crippen molar-refractivity contribution in [2.75, 3.05) is 31.6 Å². The van der Waals surface area contributed by atoms with Gasteiger partial charge >= 0.3 is 0 Å². The molecule has 1 amide bonds. The normalized spacial score (nSPS) is 10.1. The van der Waals surface area contributed by atoms with Crippen molar-refractivity contribution in [3.8, 4) is 0 Å². The summed E-state index contributed by atoms with van der Waals surface area (Å²) in [4.78, 5) is 20.2. The largest absolute Gasteiger partial charge is 0.389 e. The van der Waals surface area contributed by atoms with Crippen molar-refractivity contribution in [2.45, 2.75) is 13.8 Å². The fraction of sp³-hybridized carbons (Fsp3) is 0.462. The van der Waals surface area contributed by atoms with Crippen LogP contribution in [0.25, 0.3) is 0 Å². The number of carbonyl (C=O) groups is 1. The van der Waals surface area contributed by atoms with Gasteiger partial charge in [0.05, 0.1) is 6.54 Å². The number of amides is 1. The summed E-state index contributed by atoms with van der Waals surface area (Å²) < 4.78 is 0. The van der Waals surface area contributed by atoms with E-state index in [2.05, 4.69) is 4.98 Å². The summed E-state index contributed by atoms with van der Waals surface area (Å²) in [6.07, 6.45) is 1.62. The third-order valence-electron chi connectivity index (χ3n) is 2.91. The van der Waals surface area contributed by atoms with Crippen LogP contribution in [0, 0.1) is 0 Å². The van der Waals surface area contributed by atoms with E-state index in [0.717, 1.165) is 24.5 Å². The van der Waals surface area contributed by atoms with Crippen molar-refractivity contribution < 1.29 is 4.79 Å². The third kappa shape index (κ3) is 4.17. The first-order chi connectivity index (χ1) is 8.99. The molecule has 0 bridgehead atoms. The Morgan fingerprint density at radius 2 is 2.00 bits per heavy atom. The lowest BCUT2D eigenvalue weighted by Crippen LogP contribution is -2.39. The fourth-order valence-corrected chi connectivity index (χ4v) is 1.84. The Morgan fingerprint density at radius 1 is 1.37 bits per heavy atom. The number of hydrogen-bond acceptors (Lipinski definition) is 4. The molecule has 0 aliphatic carbocycles. The molecule has 0 aliphatic heterocycles. The van der Waals surface area contributed by atoms with Gasteiger partial charge in [0, 0.05) is 31.9 Å². The second kappa shape index (κ2) is 7.04. The number of anilines is 1. The van der Waals surface area contributed by atoms with Crippen LogP contribution in [-0.2, 0) is 4.79 Å². The SMILES string of the molecule is CCN(CC)C(=O)CN(C)c1ccc(C(N)=S)cn1. The van der Waals surface area contributed by atoms with Gasteiger partial charge in [-0.2, -0.15) is 0 Å². The second-order valence-electron chi connectivity index (χ2n) is 4.19. The zero-order chi connectivity index (χ0) is 14.4. The average molecular weight is 280 g/mol. The molecular formula is C13H20N4OS. The molecule has 104 valence electrons. The molecule has 0 spiro atoms. The number of hydrogen-bond donors (Lipinski definition) is 1. The zero-order valence-electron chi connectivity index (χ0n) is 11.6. The number of rotatable bonds is 6. The van der Waals surface area contributed by atoms with Gasteiger partial charge in [-0.15, -0.1) is 0 Å². The molecule has 19 heavy (non-hydrogen) atoms. The maximum atomic E-state index is 12.0. The van der Waals surface area contributed by atoms with Gasteiger partial charge < -0.3 is 15.5 Å². The van der Waals surface area contributed by atoms with E-state index in [0.29, 0.717) is 11.5 Å². The van der Waals surface area contributed by atoms with Gasteiger partial charge in [-0.3, -0.25) is 4.79 Å². The first-order valence-electron chi connectivity index (χ1n) is 6.24. The zero-order valence-corrected chi connectivity index (χ0v) is 12.4. The summed E-state index contributed by atoms with van der Waals surface area (Å²) in [5.41, 5.74) is 6.24. The highest BCUT2D eigenvalue weighted by atomic mass is 32.1.